The summed E-state index contributed by atoms with van der Waals surface area (Å²) in [6, 6.07) is 58.9. The summed E-state index contributed by atoms with van der Waals surface area (Å²) in [6.45, 7) is 2.25. The Balaban J connectivity index is 1.44. The topological polar surface area (TPSA) is 0 Å². The van der Waals surface area contributed by atoms with E-state index in [1.54, 1.807) is 0 Å². The lowest BCUT2D eigenvalue weighted by Gasteiger charge is -2.34. The van der Waals surface area contributed by atoms with Gasteiger partial charge in [-0.3, -0.25) is 0 Å². The standard InChI is InChI=1S/C40H33P/c1-2-30-15-13-17-32(27-30)40(38-25-11-9-23-36(38)37-24-10-12-26-39(37)40)33-18-14-16-31(28-33)29-41(34-19-5-3-6-20-34)35-21-7-4-8-22-35/h3-28H,2,29H2,1H3. The first-order valence-corrected chi connectivity index (χ1v) is 16.1. The van der Waals surface area contributed by atoms with E-state index >= 15 is 0 Å². The van der Waals surface area contributed by atoms with Crippen LogP contribution in [0.3, 0.4) is 0 Å². The molecule has 0 N–H and O–H groups in total. The summed E-state index contributed by atoms with van der Waals surface area (Å²) in [5, 5.41) is 2.84. The quantitative estimate of drug-likeness (QED) is 0.175. The number of benzene rings is 6. The Kier molecular flexibility index (Phi) is 6.87. The van der Waals surface area contributed by atoms with Gasteiger partial charge in [0.2, 0.25) is 0 Å². The predicted octanol–water partition coefficient (Wildman–Crippen LogP) is 9.25. The highest BCUT2D eigenvalue weighted by molar-refractivity contribution is 7.72. The van der Waals surface area contributed by atoms with Crippen LogP contribution < -0.4 is 10.6 Å². The van der Waals surface area contributed by atoms with E-state index < -0.39 is 7.92 Å². The Morgan fingerprint density at radius 3 is 1.46 bits per heavy atom. The number of fused-ring (bicyclic) bond motifs is 3. The molecule has 41 heavy (non-hydrogen) atoms. The number of rotatable bonds is 7. The summed E-state index contributed by atoms with van der Waals surface area (Å²) in [7, 11) is -0.536. The van der Waals surface area contributed by atoms with Crippen molar-refractivity contribution in [2.75, 3.05) is 0 Å². The molecule has 0 saturated carbocycles. The zero-order valence-electron chi connectivity index (χ0n) is 23.4. The molecule has 6 aromatic rings. The highest BCUT2D eigenvalue weighted by atomic mass is 31.1. The SMILES string of the molecule is CCc1cccc(C2(c3cccc(CP(c4ccccc4)c4ccccc4)c3)c3ccccc3-c3ccccc32)c1. The van der Waals surface area contributed by atoms with Gasteiger partial charge in [0.25, 0.3) is 0 Å². The third kappa shape index (κ3) is 4.44. The highest BCUT2D eigenvalue weighted by Gasteiger charge is 2.46. The molecule has 0 saturated heterocycles. The zero-order valence-corrected chi connectivity index (χ0v) is 24.3. The minimum atomic E-state index is -0.536. The highest BCUT2D eigenvalue weighted by Crippen LogP contribution is 2.56. The summed E-state index contributed by atoms with van der Waals surface area (Å²) < 4.78 is 0. The van der Waals surface area contributed by atoms with E-state index in [4.69, 9.17) is 0 Å². The molecule has 0 unspecified atom stereocenters. The first-order valence-electron chi connectivity index (χ1n) is 14.5. The van der Waals surface area contributed by atoms with E-state index in [2.05, 4.69) is 165 Å². The molecule has 198 valence electrons. The van der Waals surface area contributed by atoms with E-state index in [9.17, 15) is 0 Å². The van der Waals surface area contributed by atoms with Gasteiger partial charge in [0.15, 0.2) is 0 Å². The first kappa shape index (κ1) is 25.7. The zero-order chi connectivity index (χ0) is 27.6. The molecule has 0 aliphatic heterocycles. The predicted molar refractivity (Wildman–Crippen MR) is 176 cm³/mol. The van der Waals surface area contributed by atoms with E-state index in [-0.39, 0.29) is 5.41 Å². The number of hydrogen-bond acceptors (Lipinski definition) is 0. The minimum Gasteiger partial charge on any atom is -0.0622 e. The van der Waals surface area contributed by atoms with Crippen molar-refractivity contribution in [3.8, 4) is 11.1 Å². The van der Waals surface area contributed by atoms with Gasteiger partial charge in [0, 0.05) is 6.16 Å². The monoisotopic (exact) mass is 544 g/mol. The van der Waals surface area contributed by atoms with Gasteiger partial charge in [-0.25, -0.2) is 0 Å². The van der Waals surface area contributed by atoms with Gasteiger partial charge in [0.1, 0.15) is 0 Å². The number of aryl methyl sites for hydroxylation is 1. The molecule has 1 aliphatic carbocycles. The average molecular weight is 545 g/mol. The van der Waals surface area contributed by atoms with Crippen molar-refractivity contribution < 1.29 is 0 Å². The molecule has 6 aromatic carbocycles. The summed E-state index contributed by atoms with van der Waals surface area (Å²) in [6.07, 6.45) is 2.03. The van der Waals surface area contributed by atoms with Gasteiger partial charge in [0.05, 0.1) is 5.41 Å². The van der Waals surface area contributed by atoms with Crippen LogP contribution in [-0.2, 0) is 18.0 Å². The maximum Gasteiger partial charge on any atom is 0.0713 e. The molecule has 0 amide bonds. The molecule has 0 heterocycles. The molecule has 1 aliphatic rings. The normalized spacial score (nSPS) is 13.1. The fourth-order valence-electron chi connectivity index (χ4n) is 6.68. The van der Waals surface area contributed by atoms with Gasteiger partial charge in [-0.05, 0) is 69.5 Å². The van der Waals surface area contributed by atoms with E-state index in [1.807, 2.05) is 0 Å². The Hall–Kier alpha value is -4.25. The van der Waals surface area contributed by atoms with Gasteiger partial charge in [-0.1, -0.05) is 165 Å². The van der Waals surface area contributed by atoms with Crippen LogP contribution in [-0.4, -0.2) is 0 Å². The minimum absolute atomic E-state index is 0.364. The van der Waals surface area contributed by atoms with Crippen LogP contribution in [0.5, 0.6) is 0 Å². The Morgan fingerprint density at radius 2 is 0.927 bits per heavy atom. The first-order chi connectivity index (χ1) is 20.3. The fraction of sp³-hybridized carbons (Fsp3) is 0.100. The van der Waals surface area contributed by atoms with Crippen LogP contribution in [0.25, 0.3) is 11.1 Å². The van der Waals surface area contributed by atoms with Crippen LogP contribution in [0.2, 0.25) is 0 Å². The van der Waals surface area contributed by atoms with E-state index in [0.29, 0.717) is 0 Å². The Bertz CT molecular complexity index is 1720. The third-order valence-electron chi connectivity index (χ3n) is 8.56. The molecule has 1 heteroatoms. The summed E-state index contributed by atoms with van der Waals surface area (Å²) in [4.78, 5) is 0. The Labute approximate surface area is 245 Å². The molecule has 0 radical (unpaired) electrons. The molecule has 0 spiro atoms. The molecular weight excluding hydrogens is 511 g/mol. The van der Waals surface area contributed by atoms with Crippen LogP contribution in [0.4, 0.5) is 0 Å². The van der Waals surface area contributed by atoms with Crippen LogP contribution in [0.15, 0.2) is 158 Å². The largest absolute Gasteiger partial charge is 0.0713 e. The molecule has 7 rings (SSSR count). The van der Waals surface area contributed by atoms with Crippen LogP contribution >= 0.6 is 7.92 Å². The second kappa shape index (κ2) is 11.0. The molecular formula is C40H33P. The van der Waals surface area contributed by atoms with Crippen LogP contribution in [0.1, 0.15) is 40.3 Å². The van der Waals surface area contributed by atoms with Gasteiger partial charge in [-0.2, -0.15) is 0 Å². The summed E-state index contributed by atoms with van der Waals surface area (Å²) >= 11 is 0. The average Bonchev–Trinajstić information content (AvgIpc) is 3.36. The third-order valence-corrected chi connectivity index (χ3v) is 11.1. The smallest absolute Gasteiger partial charge is 0.0622 e. The lowest BCUT2D eigenvalue weighted by Crippen LogP contribution is -2.29. The van der Waals surface area contributed by atoms with Crippen molar-refractivity contribution in [3.05, 3.63) is 191 Å². The lowest BCUT2D eigenvalue weighted by atomic mass is 9.67. The maximum atomic E-state index is 2.50. The second-order valence-electron chi connectivity index (χ2n) is 10.9. The second-order valence-corrected chi connectivity index (χ2v) is 13.1. The Morgan fingerprint density at radius 1 is 0.463 bits per heavy atom. The summed E-state index contributed by atoms with van der Waals surface area (Å²) in [5.41, 5.74) is 10.5. The number of hydrogen-bond donors (Lipinski definition) is 0. The molecule has 0 fully saturated rings. The van der Waals surface area contributed by atoms with Crippen molar-refractivity contribution in [2.24, 2.45) is 0 Å². The van der Waals surface area contributed by atoms with Crippen molar-refractivity contribution in [1.29, 1.82) is 0 Å². The molecule has 0 bridgehead atoms. The van der Waals surface area contributed by atoms with E-state index in [0.717, 1.165) is 12.6 Å². The lowest BCUT2D eigenvalue weighted by molar-refractivity contribution is 0.765. The van der Waals surface area contributed by atoms with E-state index in [1.165, 1.54) is 55.1 Å². The molecule has 0 nitrogen and oxygen atoms in total. The molecule has 0 aromatic heterocycles. The maximum absolute atomic E-state index is 2.50. The van der Waals surface area contributed by atoms with Crippen molar-refractivity contribution in [3.63, 3.8) is 0 Å². The molecule has 0 atom stereocenters. The fourth-order valence-corrected chi connectivity index (χ4v) is 8.97. The van der Waals surface area contributed by atoms with Crippen molar-refractivity contribution in [1.82, 2.24) is 0 Å². The summed E-state index contributed by atoms with van der Waals surface area (Å²) in [5.74, 6) is 0. The van der Waals surface area contributed by atoms with Crippen molar-refractivity contribution in [2.45, 2.75) is 24.9 Å². The van der Waals surface area contributed by atoms with Crippen molar-refractivity contribution >= 4 is 18.5 Å². The van der Waals surface area contributed by atoms with Gasteiger partial charge >= 0.3 is 0 Å². The van der Waals surface area contributed by atoms with Crippen LogP contribution in [0, 0.1) is 0 Å². The van der Waals surface area contributed by atoms with Gasteiger partial charge < -0.3 is 0 Å². The van der Waals surface area contributed by atoms with Gasteiger partial charge in [-0.15, -0.1) is 0 Å².